The average molecular weight is 381 g/mol. The van der Waals surface area contributed by atoms with Crippen LogP contribution >= 0.6 is 0 Å². The SMILES string of the molecule is CC(=O)N1C[C@@H]2CN(C)C(=O)c3c(C(=O)NCc4ccccc4)ncn3[C@H]2C1. The number of imidazole rings is 1. The molecule has 0 saturated carbocycles. The van der Waals surface area contributed by atoms with E-state index in [2.05, 4.69) is 10.3 Å². The van der Waals surface area contributed by atoms with Gasteiger partial charge in [0, 0.05) is 46.1 Å². The van der Waals surface area contributed by atoms with Crippen molar-refractivity contribution in [2.45, 2.75) is 19.5 Å². The molecule has 1 fully saturated rings. The fraction of sp³-hybridized carbons (Fsp3) is 0.400. The maximum absolute atomic E-state index is 12.9. The summed E-state index contributed by atoms with van der Waals surface area (Å²) in [6, 6.07) is 9.51. The minimum Gasteiger partial charge on any atom is -0.347 e. The van der Waals surface area contributed by atoms with Gasteiger partial charge < -0.3 is 19.7 Å². The molecule has 8 heteroatoms. The van der Waals surface area contributed by atoms with Crippen LogP contribution in [-0.4, -0.2) is 63.8 Å². The molecule has 1 aromatic heterocycles. The van der Waals surface area contributed by atoms with Gasteiger partial charge >= 0.3 is 0 Å². The standard InChI is InChI=1S/C20H23N5O3/c1-13(26)24-10-15-9-23(2)20(28)18-17(22-12-25(18)16(15)11-24)19(27)21-8-14-6-4-3-5-7-14/h3-7,12,15-16H,8-11H2,1-2H3,(H,21,27)/t15-,16-/m0/s1. The zero-order chi connectivity index (χ0) is 19.8. The number of hydrogen-bond acceptors (Lipinski definition) is 4. The lowest BCUT2D eigenvalue weighted by Crippen LogP contribution is -2.34. The molecule has 28 heavy (non-hydrogen) atoms. The third-order valence-corrected chi connectivity index (χ3v) is 5.57. The molecular weight excluding hydrogens is 358 g/mol. The summed E-state index contributed by atoms with van der Waals surface area (Å²) in [6.07, 6.45) is 1.56. The maximum Gasteiger partial charge on any atom is 0.272 e. The van der Waals surface area contributed by atoms with Crippen molar-refractivity contribution in [2.75, 3.05) is 26.7 Å². The van der Waals surface area contributed by atoms with E-state index in [1.54, 1.807) is 34.7 Å². The minimum atomic E-state index is -0.376. The first-order valence-corrected chi connectivity index (χ1v) is 9.35. The largest absolute Gasteiger partial charge is 0.347 e. The number of aromatic nitrogens is 2. The molecule has 8 nitrogen and oxygen atoms in total. The molecule has 0 unspecified atom stereocenters. The summed E-state index contributed by atoms with van der Waals surface area (Å²) >= 11 is 0. The van der Waals surface area contributed by atoms with Gasteiger partial charge in [-0.05, 0) is 5.56 Å². The van der Waals surface area contributed by atoms with Crippen LogP contribution in [0.1, 0.15) is 39.5 Å². The summed E-state index contributed by atoms with van der Waals surface area (Å²) < 4.78 is 1.79. The van der Waals surface area contributed by atoms with Crippen molar-refractivity contribution in [3.05, 3.63) is 53.6 Å². The Kier molecular flexibility index (Phi) is 4.62. The number of nitrogens with one attached hydrogen (secondary N) is 1. The highest BCUT2D eigenvalue weighted by atomic mass is 16.2. The van der Waals surface area contributed by atoms with Crippen LogP contribution in [0, 0.1) is 5.92 Å². The number of rotatable bonds is 3. The first-order valence-electron chi connectivity index (χ1n) is 9.35. The van der Waals surface area contributed by atoms with E-state index >= 15 is 0 Å². The molecule has 3 amide bonds. The number of amides is 3. The molecule has 3 heterocycles. The lowest BCUT2D eigenvalue weighted by atomic mass is 10.0. The zero-order valence-corrected chi connectivity index (χ0v) is 16.0. The van der Waals surface area contributed by atoms with Crippen molar-refractivity contribution in [1.29, 1.82) is 0 Å². The van der Waals surface area contributed by atoms with Crippen LogP contribution in [0.2, 0.25) is 0 Å². The van der Waals surface area contributed by atoms with E-state index < -0.39 is 0 Å². The van der Waals surface area contributed by atoms with Gasteiger partial charge in [-0.25, -0.2) is 4.98 Å². The Morgan fingerprint density at radius 2 is 1.93 bits per heavy atom. The summed E-state index contributed by atoms with van der Waals surface area (Å²) in [6.45, 7) is 3.58. The molecule has 1 aromatic carbocycles. The van der Waals surface area contributed by atoms with Gasteiger partial charge in [-0.2, -0.15) is 0 Å². The molecule has 2 atom stereocenters. The molecule has 146 valence electrons. The Balaban J connectivity index is 1.62. The van der Waals surface area contributed by atoms with Gasteiger partial charge in [-0.1, -0.05) is 30.3 Å². The Bertz CT molecular complexity index is 923. The Morgan fingerprint density at radius 3 is 2.64 bits per heavy atom. The highest BCUT2D eigenvalue weighted by Gasteiger charge is 2.42. The predicted molar refractivity (Wildman–Crippen MR) is 102 cm³/mol. The summed E-state index contributed by atoms with van der Waals surface area (Å²) in [5.41, 5.74) is 1.40. The van der Waals surface area contributed by atoms with Crippen LogP contribution in [-0.2, 0) is 11.3 Å². The number of likely N-dealkylation sites (tertiary alicyclic amines) is 1. The molecule has 2 aliphatic rings. The van der Waals surface area contributed by atoms with Crippen molar-refractivity contribution in [3.8, 4) is 0 Å². The minimum absolute atomic E-state index is 0.0181. The third-order valence-electron chi connectivity index (χ3n) is 5.57. The van der Waals surface area contributed by atoms with Crippen LogP contribution in [0.25, 0.3) is 0 Å². The second-order valence-corrected chi connectivity index (χ2v) is 7.45. The second kappa shape index (κ2) is 7.10. The Labute approximate surface area is 163 Å². The summed E-state index contributed by atoms with van der Waals surface area (Å²) in [4.78, 5) is 45.2. The van der Waals surface area contributed by atoms with Crippen LogP contribution in [0.5, 0.6) is 0 Å². The summed E-state index contributed by atoms with van der Waals surface area (Å²) in [5.74, 6) is -0.455. The van der Waals surface area contributed by atoms with Gasteiger partial charge in [0.05, 0.1) is 12.4 Å². The van der Waals surface area contributed by atoms with E-state index in [4.69, 9.17) is 0 Å². The Hall–Kier alpha value is -3.16. The van der Waals surface area contributed by atoms with Gasteiger partial charge in [0.15, 0.2) is 5.69 Å². The quantitative estimate of drug-likeness (QED) is 0.856. The number of hydrogen-bond donors (Lipinski definition) is 1. The number of carbonyl (C=O) groups is 3. The van der Waals surface area contributed by atoms with Gasteiger partial charge in [-0.3, -0.25) is 14.4 Å². The molecule has 4 rings (SSSR count). The summed E-state index contributed by atoms with van der Waals surface area (Å²) in [5, 5.41) is 2.84. The van der Waals surface area contributed by atoms with Crippen molar-refractivity contribution in [2.24, 2.45) is 5.92 Å². The monoisotopic (exact) mass is 381 g/mol. The molecule has 0 aliphatic carbocycles. The van der Waals surface area contributed by atoms with E-state index in [-0.39, 0.29) is 35.4 Å². The van der Waals surface area contributed by atoms with E-state index in [1.807, 2.05) is 30.3 Å². The molecule has 0 bridgehead atoms. The fourth-order valence-electron chi connectivity index (χ4n) is 4.07. The predicted octanol–water partition coefficient (Wildman–Crippen LogP) is 0.918. The van der Waals surface area contributed by atoms with E-state index in [9.17, 15) is 14.4 Å². The van der Waals surface area contributed by atoms with Crippen molar-refractivity contribution in [3.63, 3.8) is 0 Å². The third kappa shape index (κ3) is 3.15. The topological polar surface area (TPSA) is 87.5 Å². The molecule has 2 aliphatic heterocycles. The van der Waals surface area contributed by atoms with Gasteiger partial charge in [0.2, 0.25) is 5.91 Å². The smallest absolute Gasteiger partial charge is 0.272 e. The van der Waals surface area contributed by atoms with Crippen molar-refractivity contribution < 1.29 is 14.4 Å². The molecular formula is C20H23N5O3. The number of fused-ring (bicyclic) bond motifs is 3. The van der Waals surface area contributed by atoms with Crippen LogP contribution in [0.3, 0.4) is 0 Å². The van der Waals surface area contributed by atoms with Gasteiger partial charge in [0.25, 0.3) is 11.8 Å². The number of benzene rings is 1. The van der Waals surface area contributed by atoms with E-state index in [0.717, 1.165) is 5.56 Å². The van der Waals surface area contributed by atoms with Gasteiger partial charge in [0.1, 0.15) is 5.69 Å². The van der Waals surface area contributed by atoms with Crippen molar-refractivity contribution >= 4 is 17.7 Å². The molecule has 1 saturated heterocycles. The average Bonchev–Trinajstić information content (AvgIpc) is 3.28. The lowest BCUT2D eigenvalue weighted by molar-refractivity contribution is -0.128. The highest BCUT2D eigenvalue weighted by Crippen LogP contribution is 2.33. The first kappa shape index (κ1) is 18.2. The van der Waals surface area contributed by atoms with Gasteiger partial charge in [-0.15, -0.1) is 0 Å². The maximum atomic E-state index is 12.9. The van der Waals surface area contributed by atoms with Crippen LogP contribution < -0.4 is 5.32 Å². The first-order chi connectivity index (χ1) is 13.5. The summed E-state index contributed by atoms with van der Waals surface area (Å²) in [7, 11) is 1.73. The Morgan fingerprint density at radius 1 is 1.18 bits per heavy atom. The molecule has 0 spiro atoms. The molecule has 1 N–H and O–H groups in total. The second-order valence-electron chi connectivity index (χ2n) is 7.45. The molecule has 2 aromatic rings. The highest BCUT2D eigenvalue weighted by molar-refractivity contribution is 6.05. The van der Waals surface area contributed by atoms with Crippen LogP contribution in [0.15, 0.2) is 36.7 Å². The van der Waals surface area contributed by atoms with Crippen molar-refractivity contribution in [1.82, 2.24) is 24.7 Å². The fourth-order valence-corrected chi connectivity index (χ4v) is 4.07. The number of carbonyl (C=O) groups excluding carboxylic acids is 3. The lowest BCUT2D eigenvalue weighted by Gasteiger charge is -2.19. The zero-order valence-electron chi connectivity index (χ0n) is 16.0. The molecule has 0 radical (unpaired) electrons. The van der Waals surface area contributed by atoms with E-state index in [0.29, 0.717) is 31.9 Å². The van der Waals surface area contributed by atoms with E-state index in [1.165, 1.54) is 0 Å². The normalized spacial score (nSPS) is 21.1. The number of nitrogens with zero attached hydrogens (tertiary/aromatic N) is 4. The van der Waals surface area contributed by atoms with Crippen LogP contribution in [0.4, 0.5) is 0 Å².